The summed E-state index contributed by atoms with van der Waals surface area (Å²) in [4.78, 5) is 18.2. The zero-order chi connectivity index (χ0) is 18.2. The van der Waals surface area contributed by atoms with Crippen LogP contribution in [0, 0.1) is 6.92 Å². The molecule has 0 radical (unpaired) electrons. The average Bonchev–Trinajstić information content (AvgIpc) is 3.16. The number of rotatable bonds is 8. The number of aryl methyl sites for hydroxylation is 2. The van der Waals surface area contributed by atoms with Gasteiger partial charge >= 0.3 is 0 Å². The summed E-state index contributed by atoms with van der Waals surface area (Å²) in [6, 6.07) is 12.9. The smallest absolute Gasteiger partial charge is 0.220 e. The molecule has 1 aliphatic heterocycles. The number of benzene rings is 1. The number of hydrogen-bond acceptors (Lipinski definition) is 4. The molecule has 1 aliphatic rings. The van der Waals surface area contributed by atoms with Gasteiger partial charge in [-0.3, -0.25) is 9.69 Å². The second kappa shape index (κ2) is 9.74. The highest BCUT2D eigenvalue weighted by Gasteiger charge is 2.17. The van der Waals surface area contributed by atoms with Crippen molar-refractivity contribution in [3.8, 4) is 0 Å². The number of hydrogen-bond donors (Lipinski definition) is 1. The van der Waals surface area contributed by atoms with Crippen molar-refractivity contribution in [1.82, 2.24) is 10.2 Å². The van der Waals surface area contributed by atoms with Gasteiger partial charge in [0.15, 0.2) is 0 Å². The largest absolute Gasteiger partial charge is 0.369 e. The van der Waals surface area contributed by atoms with Crippen molar-refractivity contribution in [1.29, 1.82) is 0 Å². The fourth-order valence-electron chi connectivity index (χ4n) is 3.37. The van der Waals surface area contributed by atoms with Crippen LogP contribution in [0.3, 0.4) is 0 Å². The summed E-state index contributed by atoms with van der Waals surface area (Å²) in [6.07, 6.45) is 2.56. The number of anilines is 1. The van der Waals surface area contributed by atoms with Crippen LogP contribution in [-0.4, -0.2) is 50.1 Å². The maximum Gasteiger partial charge on any atom is 0.220 e. The average molecular weight is 372 g/mol. The predicted molar refractivity (Wildman–Crippen MR) is 110 cm³/mol. The van der Waals surface area contributed by atoms with E-state index < -0.39 is 0 Å². The Morgan fingerprint density at radius 1 is 1.15 bits per heavy atom. The molecule has 2 aromatic rings. The lowest BCUT2D eigenvalue weighted by Gasteiger charge is -2.36. The Hall–Kier alpha value is -1.85. The Bertz CT molecular complexity index is 678. The molecule has 1 aromatic carbocycles. The summed E-state index contributed by atoms with van der Waals surface area (Å²) in [5.41, 5.74) is 2.63. The Kier molecular flexibility index (Phi) is 7.09. The van der Waals surface area contributed by atoms with Crippen molar-refractivity contribution in [2.45, 2.75) is 26.2 Å². The number of nitrogens with one attached hydrogen (secondary N) is 1. The molecule has 1 saturated heterocycles. The second-order valence-electron chi connectivity index (χ2n) is 6.95. The Balaban J connectivity index is 1.28. The van der Waals surface area contributed by atoms with Gasteiger partial charge in [0.25, 0.3) is 0 Å². The van der Waals surface area contributed by atoms with Gasteiger partial charge in [-0.2, -0.15) is 0 Å². The van der Waals surface area contributed by atoms with Gasteiger partial charge in [-0.05, 0) is 48.9 Å². The summed E-state index contributed by atoms with van der Waals surface area (Å²) in [6.45, 7) is 8.06. The fourth-order valence-corrected chi connectivity index (χ4v) is 4.13. The Morgan fingerprint density at radius 2 is 2.00 bits per heavy atom. The first-order valence-corrected chi connectivity index (χ1v) is 10.4. The minimum Gasteiger partial charge on any atom is -0.369 e. The highest BCUT2D eigenvalue weighted by Crippen LogP contribution is 2.17. The van der Waals surface area contributed by atoms with Crippen molar-refractivity contribution in [2.24, 2.45) is 0 Å². The lowest BCUT2D eigenvalue weighted by Crippen LogP contribution is -2.48. The topological polar surface area (TPSA) is 35.6 Å². The number of piperazine rings is 1. The third kappa shape index (κ3) is 5.85. The number of amides is 1. The predicted octanol–water partition coefficient (Wildman–Crippen LogP) is 3.32. The van der Waals surface area contributed by atoms with Gasteiger partial charge in [-0.25, -0.2) is 0 Å². The molecular weight excluding hydrogens is 342 g/mol. The molecule has 26 heavy (non-hydrogen) atoms. The van der Waals surface area contributed by atoms with Gasteiger partial charge in [0.2, 0.25) is 5.91 Å². The van der Waals surface area contributed by atoms with E-state index in [1.54, 1.807) is 11.3 Å². The second-order valence-corrected chi connectivity index (χ2v) is 7.98. The Labute approximate surface area is 160 Å². The molecule has 0 spiro atoms. The van der Waals surface area contributed by atoms with Crippen molar-refractivity contribution < 1.29 is 4.79 Å². The van der Waals surface area contributed by atoms with Crippen LogP contribution in [-0.2, 0) is 11.2 Å². The first-order chi connectivity index (χ1) is 12.7. The maximum atomic E-state index is 11.9. The normalized spacial score (nSPS) is 15.2. The van der Waals surface area contributed by atoms with E-state index in [9.17, 15) is 4.79 Å². The molecule has 3 rings (SSSR count). The molecule has 0 atom stereocenters. The highest BCUT2D eigenvalue weighted by molar-refractivity contribution is 7.09. The molecule has 0 bridgehead atoms. The van der Waals surface area contributed by atoms with Crippen LogP contribution in [0.4, 0.5) is 5.69 Å². The van der Waals surface area contributed by atoms with E-state index in [1.807, 2.05) is 0 Å². The maximum absolute atomic E-state index is 11.9. The summed E-state index contributed by atoms with van der Waals surface area (Å²) in [5.74, 6) is 0.181. The third-order valence-electron chi connectivity index (χ3n) is 4.90. The van der Waals surface area contributed by atoms with Gasteiger partial charge in [-0.15, -0.1) is 11.3 Å². The van der Waals surface area contributed by atoms with Crippen molar-refractivity contribution in [3.63, 3.8) is 0 Å². The van der Waals surface area contributed by atoms with Crippen LogP contribution >= 0.6 is 11.3 Å². The van der Waals surface area contributed by atoms with Crippen LogP contribution in [0.25, 0.3) is 0 Å². The van der Waals surface area contributed by atoms with Gasteiger partial charge < -0.3 is 10.2 Å². The van der Waals surface area contributed by atoms with E-state index in [1.165, 1.54) is 16.1 Å². The molecule has 1 fully saturated rings. The molecule has 5 heteroatoms. The van der Waals surface area contributed by atoms with Crippen molar-refractivity contribution in [2.75, 3.05) is 44.2 Å². The molecule has 1 N–H and O–H groups in total. The molecule has 1 amide bonds. The van der Waals surface area contributed by atoms with E-state index in [4.69, 9.17) is 0 Å². The van der Waals surface area contributed by atoms with Gasteiger partial charge in [0.1, 0.15) is 0 Å². The quantitative estimate of drug-likeness (QED) is 0.773. The van der Waals surface area contributed by atoms with Crippen LogP contribution in [0.15, 0.2) is 41.8 Å². The lowest BCUT2D eigenvalue weighted by molar-refractivity contribution is -0.121. The van der Waals surface area contributed by atoms with E-state index in [0.717, 1.165) is 52.1 Å². The summed E-state index contributed by atoms with van der Waals surface area (Å²) >= 11 is 1.77. The molecule has 0 aliphatic carbocycles. The first-order valence-electron chi connectivity index (χ1n) is 9.54. The van der Waals surface area contributed by atoms with E-state index in [2.05, 4.69) is 63.8 Å². The number of thiophene rings is 1. The van der Waals surface area contributed by atoms with Gasteiger partial charge in [0.05, 0.1) is 0 Å². The summed E-state index contributed by atoms with van der Waals surface area (Å²) in [7, 11) is 0. The van der Waals surface area contributed by atoms with E-state index in [-0.39, 0.29) is 5.91 Å². The van der Waals surface area contributed by atoms with E-state index in [0.29, 0.717) is 6.42 Å². The lowest BCUT2D eigenvalue weighted by atomic mass is 10.2. The van der Waals surface area contributed by atoms with Gasteiger partial charge in [-0.1, -0.05) is 18.2 Å². The molecule has 4 nitrogen and oxygen atoms in total. The first kappa shape index (κ1) is 18.9. The molecule has 1 aromatic heterocycles. The highest BCUT2D eigenvalue weighted by atomic mass is 32.1. The zero-order valence-corrected chi connectivity index (χ0v) is 16.4. The van der Waals surface area contributed by atoms with Crippen LogP contribution in [0.2, 0.25) is 0 Å². The Morgan fingerprint density at radius 3 is 2.73 bits per heavy atom. The number of carbonyl (C=O) groups is 1. The molecule has 0 saturated carbocycles. The van der Waals surface area contributed by atoms with Crippen LogP contribution < -0.4 is 10.2 Å². The molecular formula is C21H29N3OS. The van der Waals surface area contributed by atoms with Gasteiger partial charge in [0, 0.05) is 56.3 Å². The summed E-state index contributed by atoms with van der Waals surface area (Å²) < 4.78 is 0. The SMILES string of the molecule is Cc1cccc(N2CCN(CCNC(=O)CCCc3cccs3)CC2)c1. The van der Waals surface area contributed by atoms with Crippen LogP contribution in [0.5, 0.6) is 0 Å². The van der Waals surface area contributed by atoms with Crippen LogP contribution in [0.1, 0.15) is 23.3 Å². The minimum atomic E-state index is 0.181. The molecule has 2 heterocycles. The summed E-state index contributed by atoms with van der Waals surface area (Å²) in [5, 5.41) is 5.16. The molecule has 140 valence electrons. The van der Waals surface area contributed by atoms with E-state index >= 15 is 0 Å². The fraction of sp³-hybridized carbons (Fsp3) is 0.476. The van der Waals surface area contributed by atoms with Crippen molar-refractivity contribution >= 4 is 22.9 Å². The van der Waals surface area contributed by atoms with Crippen molar-refractivity contribution in [3.05, 3.63) is 52.2 Å². The molecule has 0 unspecified atom stereocenters. The standard InChI is InChI=1S/C21H29N3OS/c1-18-5-2-6-19(17-18)24-14-12-23(13-15-24)11-10-22-21(25)9-3-7-20-8-4-16-26-20/h2,4-6,8,16-17H,3,7,9-15H2,1H3,(H,22,25). The zero-order valence-electron chi connectivity index (χ0n) is 15.6. The number of nitrogens with zero attached hydrogens (tertiary/aromatic N) is 2. The minimum absolute atomic E-state index is 0.181. The monoisotopic (exact) mass is 371 g/mol. The third-order valence-corrected chi connectivity index (χ3v) is 5.83. The number of carbonyl (C=O) groups excluding carboxylic acids is 1.